The van der Waals surface area contributed by atoms with Crippen molar-refractivity contribution in [1.29, 1.82) is 0 Å². The highest BCUT2D eigenvalue weighted by atomic mass is 79.9. The summed E-state index contributed by atoms with van der Waals surface area (Å²) in [5, 5.41) is 4.99. The SMILES string of the molecule is COc1c(C(=O)NCCN2CCCC2)cc(Br)c2ccccc12. The second-order valence-corrected chi connectivity index (χ2v) is 6.64. The number of hydrogen-bond acceptors (Lipinski definition) is 3. The van der Waals surface area contributed by atoms with Gasteiger partial charge >= 0.3 is 0 Å². The number of carbonyl (C=O) groups excluding carboxylic acids is 1. The van der Waals surface area contributed by atoms with E-state index >= 15 is 0 Å². The van der Waals surface area contributed by atoms with E-state index in [0.29, 0.717) is 17.9 Å². The number of likely N-dealkylation sites (tertiary alicyclic amines) is 1. The van der Waals surface area contributed by atoms with E-state index in [-0.39, 0.29) is 5.91 Å². The highest BCUT2D eigenvalue weighted by Gasteiger charge is 2.18. The molecular formula is C18H21BrN2O2. The molecule has 1 saturated heterocycles. The van der Waals surface area contributed by atoms with E-state index in [1.165, 1.54) is 12.8 Å². The largest absolute Gasteiger partial charge is 0.495 e. The highest BCUT2D eigenvalue weighted by Crippen LogP contribution is 2.35. The van der Waals surface area contributed by atoms with E-state index in [9.17, 15) is 4.79 Å². The smallest absolute Gasteiger partial charge is 0.255 e. The van der Waals surface area contributed by atoms with E-state index < -0.39 is 0 Å². The third-order valence-corrected chi connectivity index (χ3v) is 4.96. The fourth-order valence-electron chi connectivity index (χ4n) is 3.12. The van der Waals surface area contributed by atoms with Gasteiger partial charge in [-0.05, 0) is 37.4 Å². The molecule has 0 aromatic heterocycles. The zero-order valence-electron chi connectivity index (χ0n) is 13.3. The van der Waals surface area contributed by atoms with Crippen LogP contribution in [-0.2, 0) is 0 Å². The van der Waals surface area contributed by atoms with Crippen LogP contribution in [0.5, 0.6) is 5.75 Å². The molecule has 0 radical (unpaired) electrons. The summed E-state index contributed by atoms with van der Waals surface area (Å²) in [7, 11) is 1.61. The monoisotopic (exact) mass is 376 g/mol. The highest BCUT2D eigenvalue weighted by molar-refractivity contribution is 9.10. The van der Waals surface area contributed by atoms with E-state index in [2.05, 4.69) is 26.1 Å². The number of ether oxygens (including phenoxy) is 1. The summed E-state index contributed by atoms with van der Waals surface area (Å²) in [4.78, 5) is 14.9. The lowest BCUT2D eigenvalue weighted by atomic mass is 10.0. The van der Waals surface area contributed by atoms with Gasteiger partial charge in [-0.15, -0.1) is 0 Å². The summed E-state index contributed by atoms with van der Waals surface area (Å²) < 4.78 is 6.42. The summed E-state index contributed by atoms with van der Waals surface area (Å²) in [6, 6.07) is 9.75. The molecule has 1 aliphatic rings. The predicted molar refractivity (Wildman–Crippen MR) is 96.2 cm³/mol. The van der Waals surface area contributed by atoms with Crippen LogP contribution in [0.25, 0.3) is 10.8 Å². The van der Waals surface area contributed by atoms with Crippen molar-refractivity contribution in [2.45, 2.75) is 12.8 Å². The van der Waals surface area contributed by atoms with Gasteiger partial charge in [-0.2, -0.15) is 0 Å². The molecule has 23 heavy (non-hydrogen) atoms. The molecule has 1 heterocycles. The maximum Gasteiger partial charge on any atom is 0.255 e. The third-order valence-electron chi connectivity index (χ3n) is 4.31. The van der Waals surface area contributed by atoms with Crippen LogP contribution in [0.2, 0.25) is 0 Å². The van der Waals surface area contributed by atoms with Crippen LogP contribution in [0.1, 0.15) is 23.2 Å². The number of rotatable bonds is 5. The molecule has 0 aliphatic carbocycles. The standard InChI is InChI=1S/C18H21BrN2O2/c1-23-17-14-7-3-2-6-13(14)16(19)12-15(17)18(22)20-8-11-21-9-4-5-10-21/h2-3,6-7,12H,4-5,8-11H2,1H3,(H,20,22). The molecule has 2 aromatic carbocycles. The molecule has 0 unspecified atom stereocenters. The minimum atomic E-state index is -0.0903. The first-order valence-corrected chi connectivity index (χ1v) is 8.76. The third kappa shape index (κ3) is 3.51. The quantitative estimate of drug-likeness (QED) is 0.868. The molecule has 1 aliphatic heterocycles. The van der Waals surface area contributed by atoms with Gasteiger partial charge in [0.15, 0.2) is 0 Å². The lowest BCUT2D eigenvalue weighted by Crippen LogP contribution is -2.33. The van der Waals surface area contributed by atoms with E-state index in [0.717, 1.165) is 34.9 Å². The minimum absolute atomic E-state index is 0.0903. The van der Waals surface area contributed by atoms with Crippen LogP contribution < -0.4 is 10.1 Å². The van der Waals surface area contributed by atoms with Crippen LogP contribution in [-0.4, -0.2) is 44.1 Å². The lowest BCUT2D eigenvalue weighted by Gasteiger charge is -2.16. The van der Waals surface area contributed by atoms with Crippen molar-refractivity contribution >= 4 is 32.6 Å². The number of nitrogens with one attached hydrogen (secondary N) is 1. The normalized spacial score (nSPS) is 15.0. The molecule has 1 N–H and O–H groups in total. The van der Waals surface area contributed by atoms with E-state index in [1.54, 1.807) is 7.11 Å². The lowest BCUT2D eigenvalue weighted by molar-refractivity contribution is 0.0947. The molecule has 1 fully saturated rings. The summed E-state index contributed by atoms with van der Waals surface area (Å²) >= 11 is 3.56. The second kappa shape index (κ2) is 7.32. The van der Waals surface area contributed by atoms with Crippen molar-refractivity contribution in [2.75, 3.05) is 33.3 Å². The van der Waals surface area contributed by atoms with Crippen molar-refractivity contribution in [3.05, 3.63) is 40.4 Å². The summed E-state index contributed by atoms with van der Waals surface area (Å²) in [5.41, 5.74) is 0.569. The first kappa shape index (κ1) is 16.3. The zero-order valence-corrected chi connectivity index (χ0v) is 14.9. The van der Waals surface area contributed by atoms with E-state index in [4.69, 9.17) is 4.74 Å². The molecule has 0 spiro atoms. The molecule has 0 bridgehead atoms. The average molecular weight is 377 g/mol. The number of halogens is 1. The van der Waals surface area contributed by atoms with Gasteiger partial charge < -0.3 is 15.0 Å². The second-order valence-electron chi connectivity index (χ2n) is 5.79. The summed E-state index contributed by atoms with van der Waals surface area (Å²) in [6.07, 6.45) is 2.53. The fourth-order valence-corrected chi connectivity index (χ4v) is 3.70. The van der Waals surface area contributed by atoms with Crippen molar-refractivity contribution in [2.24, 2.45) is 0 Å². The van der Waals surface area contributed by atoms with Crippen LogP contribution in [0.15, 0.2) is 34.8 Å². The number of amides is 1. The summed E-state index contributed by atoms with van der Waals surface area (Å²) in [6.45, 7) is 3.84. The molecule has 1 amide bonds. The maximum absolute atomic E-state index is 12.6. The van der Waals surface area contributed by atoms with Gasteiger partial charge in [0.1, 0.15) is 5.75 Å². The number of carbonyl (C=O) groups is 1. The molecule has 0 atom stereocenters. The zero-order chi connectivity index (χ0) is 16.2. The van der Waals surface area contributed by atoms with Gasteiger partial charge in [0, 0.05) is 22.9 Å². The Morgan fingerprint density at radius 3 is 2.65 bits per heavy atom. The number of fused-ring (bicyclic) bond motifs is 1. The first-order valence-electron chi connectivity index (χ1n) is 7.96. The Bertz CT molecular complexity index is 711. The minimum Gasteiger partial charge on any atom is -0.495 e. The van der Waals surface area contributed by atoms with Crippen LogP contribution >= 0.6 is 15.9 Å². The Hall–Kier alpha value is -1.59. The Balaban J connectivity index is 1.79. The number of benzene rings is 2. The Labute approximate surface area is 144 Å². The van der Waals surface area contributed by atoms with Crippen molar-refractivity contribution in [3.8, 4) is 5.75 Å². The van der Waals surface area contributed by atoms with Crippen LogP contribution in [0.4, 0.5) is 0 Å². The Morgan fingerprint density at radius 1 is 1.26 bits per heavy atom. The molecule has 2 aromatic rings. The van der Waals surface area contributed by atoms with Gasteiger partial charge in [0.05, 0.1) is 12.7 Å². The Morgan fingerprint density at radius 2 is 1.96 bits per heavy atom. The molecular weight excluding hydrogens is 356 g/mol. The molecule has 3 rings (SSSR count). The van der Waals surface area contributed by atoms with Crippen LogP contribution in [0, 0.1) is 0 Å². The van der Waals surface area contributed by atoms with Gasteiger partial charge in [-0.1, -0.05) is 40.2 Å². The predicted octanol–water partition coefficient (Wildman–Crippen LogP) is 3.44. The summed E-state index contributed by atoms with van der Waals surface area (Å²) in [5.74, 6) is 0.537. The molecule has 5 heteroatoms. The van der Waals surface area contributed by atoms with Gasteiger partial charge in [-0.25, -0.2) is 0 Å². The van der Waals surface area contributed by atoms with Gasteiger partial charge in [0.25, 0.3) is 5.91 Å². The van der Waals surface area contributed by atoms with Crippen molar-refractivity contribution in [1.82, 2.24) is 10.2 Å². The molecule has 122 valence electrons. The molecule has 4 nitrogen and oxygen atoms in total. The number of nitrogens with zero attached hydrogens (tertiary/aromatic N) is 1. The van der Waals surface area contributed by atoms with E-state index in [1.807, 2.05) is 30.3 Å². The average Bonchev–Trinajstić information content (AvgIpc) is 3.08. The van der Waals surface area contributed by atoms with Crippen LogP contribution in [0.3, 0.4) is 0 Å². The Kier molecular flexibility index (Phi) is 5.18. The van der Waals surface area contributed by atoms with Crippen molar-refractivity contribution in [3.63, 3.8) is 0 Å². The molecule has 0 saturated carbocycles. The fraction of sp³-hybridized carbons (Fsp3) is 0.389. The van der Waals surface area contributed by atoms with Crippen molar-refractivity contribution < 1.29 is 9.53 Å². The maximum atomic E-state index is 12.6. The number of methoxy groups -OCH3 is 1. The van der Waals surface area contributed by atoms with Gasteiger partial charge in [0.2, 0.25) is 0 Å². The first-order chi connectivity index (χ1) is 11.2. The topological polar surface area (TPSA) is 41.6 Å². The van der Waals surface area contributed by atoms with Gasteiger partial charge in [-0.3, -0.25) is 4.79 Å². The number of hydrogen-bond donors (Lipinski definition) is 1.